The van der Waals surface area contributed by atoms with Crippen LogP contribution in [0.15, 0.2) is 12.2 Å². The van der Waals surface area contributed by atoms with E-state index in [-0.39, 0.29) is 11.2 Å². The maximum absolute atomic E-state index is 11.1. The van der Waals surface area contributed by atoms with Gasteiger partial charge < -0.3 is 5.53 Å². The minimum Gasteiger partial charge on any atom is -0.361 e. The summed E-state index contributed by atoms with van der Waals surface area (Å²) in [4.78, 5) is 13.8. The zero-order valence-electron chi connectivity index (χ0n) is 7.16. The van der Waals surface area contributed by atoms with Gasteiger partial charge in [-0.2, -0.15) is 4.79 Å². The highest BCUT2D eigenvalue weighted by Gasteiger charge is 2.27. The van der Waals surface area contributed by atoms with Gasteiger partial charge in [0.25, 0.3) is 0 Å². The molecule has 1 unspecified atom stereocenters. The van der Waals surface area contributed by atoms with Gasteiger partial charge in [-0.3, -0.25) is 4.79 Å². The summed E-state index contributed by atoms with van der Waals surface area (Å²) in [7, 11) is 0. The molecular formula is C9H12N2O. The first-order valence-corrected chi connectivity index (χ1v) is 4.04. The quantitative estimate of drug-likeness (QED) is 0.270. The third-order valence-corrected chi connectivity index (χ3v) is 2.18. The van der Waals surface area contributed by atoms with Crippen LogP contribution in [-0.4, -0.2) is 16.8 Å². The van der Waals surface area contributed by atoms with Crippen LogP contribution in [0.1, 0.15) is 26.2 Å². The van der Waals surface area contributed by atoms with Crippen molar-refractivity contribution in [2.75, 3.05) is 0 Å². The summed E-state index contributed by atoms with van der Waals surface area (Å²) in [6.45, 7) is 2.04. The molecule has 0 spiro atoms. The van der Waals surface area contributed by atoms with Crippen molar-refractivity contribution in [1.82, 2.24) is 0 Å². The monoisotopic (exact) mass is 164 g/mol. The Kier molecular flexibility index (Phi) is 2.56. The van der Waals surface area contributed by atoms with E-state index >= 15 is 0 Å². The number of rotatable bonds is 3. The molecule has 3 nitrogen and oxygen atoms in total. The van der Waals surface area contributed by atoms with Crippen molar-refractivity contribution < 1.29 is 9.58 Å². The minimum absolute atomic E-state index is 0.0156. The van der Waals surface area contributed by atoms with Gasteiger partial charge in [-0.15, -0.1) is 0 Å². The molecule has 0 radical (unpaired) electrons. The second-order valence-corrected chi connectivity index (χ2v) is 3.48. The van der Waals surface area contributed by atoms with Gasteiger partial charge in [0.05, 0.1) is 0 Å². The molecule has 0 aromatic carbocycles. The van der Waals surface area contributed by atoms with Gasteiger partial charge in [0.15, 0.2) is 0 Å². The van der Waals surface area contributed by atoms with E-state index in [1.165, 1.54) is 0 Å². The largest absolute Gasteiger partial charge is 0.361 e. The van der Waals surface area contributed by atoms with Gasteiger partial charge in [-0.05, 0) is 18.3 Å². The zero-order chi connectivity index (χ0) is 9.03. The van der Waals surface area contributed by atoms with E-state index in [1.54, 1.807) is 0 Å². The summed E-state index contributed by atoms with van der Waals surface area (Å²) in [6.07, 6.45) is 7.61. The highest BCUT2D eigenvalue weighted by Crippen LogP contribution is 2.34. The number of carbonyl (C=O) groups excluding carboxylic acids is 1. The summed E-state index contributed by atoms with van der Waals surface area (Å²) in [5.41, 5.74) is 8.11. The first-order valence-electron chi connectivity index (χ1n) is 4.04. The van der Waals surface area contributed by atoms with Crippen molar-refractivity contribution >= 4 is 12.0 Å². The van der Waals surface area contributed by atoms with E-state index in [9.17, 15) is 4.79 Å². The van der Waals surface area contributed by atoms with E-state index in [2.05, 4.69) is 16.9 Å². The average Bonchev–Trinajstić information content (AvgIpc) is 2.36. The maximum Gasteiger partial charge on any atom is 0.323 e. The molecule has 0 fully saturated rings. The lowest BCUT2D eigenvalue weighted by atomic mass is 9.85. The molecule has 1 atom stereocenters. The summed E-state index contributed by atoms with van der Waals surface area (Å²) in [5, 5.41) is 0. The molecule has 1 rings (SSSR count). The Balaban J connectivity index is 2.55. The number of ketones is 1. The van der Waals surface area contributed by atoms with Crippen LogP contribution in [0.2, 0.25) is 0 Å². The molecule has 3 heteroatoms. The van der Waals surface area contributed by atoms with E-state index in [1.807, 2.05) is 6.92 Å². The fourth-order valence-electron chi connectivity index (χ4n) is 1.52. The first-order chi connectivity index (χ1) is 5.66. The predicted molar refractivity (Wildman–Crippen MR) is 45.8 cm³/mol. The summed E-state index contributed by atoms with van der Waals surface area (Å²) in [5.74, 6) is -0.119. The Hall–Kier alpha value is -1.21. The van der Waals surface area contributed by atoms with E-state index in [4.69, 9.17) is 5.53 Å². The Morgan fingerprint density at radius 1 is 1.83 bits per heavy atom. The van der Waals surface area contributed by atoms with Gasteiger partial charge in [-0.1, -0.05) is 19.1 Å². The van der Waals surface area contributed by atoms with Crippen molar-refractivity contribution in [2.45, 2.75) is 26.2 Å². The molecule has 0 aromatic heterocycles. The molecule has 0 saturated heterocycles. The summed E-state index contributed by atoms with van der Waals surface area (Å²) in [6, 6.07) is 0. The van der Waals surface area contributed by atoms with Gasteiger partial charge in [-0.25, -0.2) is 0 Å². The lowest BCUT2D eigenvalue weighted by Crippen LogP contribution is -2.16. The Bertz CT molecular complexity index is 264. The van der Waals surface area contributed by atoms with Crippen LogP contribution in [0, 0.1) is 5.41 Å². The molecule has 1 aliphatic rings. The van der Waals surface area contributed by atoms with Gasteiger partial charge in [0, 0.05) is 6.42 Å². The van der Waals surface area contributed by atoms with Crippen LogP contribution in [0.4, 0.5) is 0 Å². The molecule has 1 aliphatic carbocycles. The lowest BCUT2D eigenvalue weighted by Gasteiger charge is -2.18. The van der Waals surface area contributed by atoms with Gasteiger partial charge in [0.1, 0.15) is 0 Å². The molecule has 12 heavy (non-hydrogen) atoms. The third kappa shape index (κ3) is 2.14. The molecule has 0 saturated carbocycles. The highest BCUT2D eigenvalue weighted by molar-refractivity contribution is 6.25. The fraction of sp³-hybridized carbons (Fsp3) is 0.556. The van der Waals surface area contributed by atoms with E-state index in [0.29, 0.717) is 6.42 Å². The van der Waals surface area contributed by atoms with Crippen LogP contribution in [0.25, 0.3) is 5.53 Å². The summed E-state index contributed by atoms with van der Waals surface area (Å²) < 4.78 is 0. The highest BCUT2D eigenvalue weighted by atomic mass is 16.1. The number of carbonyl (C=O) groups is 1. The second kappa shape index (κ2) is 3.46. The first kappa shape index (κ1) is 8.88. The van der Waals surface area contributed by atoms with Crippen LogP contribution in [0.5, 0.6) is 0 Å². The number of Topliss-reactive ketones (excluding diaryl/α,β-unsaturated/α-hetero) is 1. The fourth-order valence-corrected chi connectivity index (χ4v) is 1.52. The van der Waals surface area contributed by atoms with Gasteiger partial charge in [0.2, 0.25) is 5.78 Å². The summed E-state index contributed by atoms with van der Waals surface area (Å²) >= 11 is 0. The van der Waals surface area contributed by atoms with Crippen molar-refractivity contribution in [3.8, 4) is 0 Å². The van der Waals surface area contributed by atoms with E-state index < -0.39 is 0 Å². The molecule has 0 aromatic rings. The molecule has 64 valence electrons. The second-order valence-electron chi connectivity index (χ2n) is 3.48. The number of hydrogen-bond donors (Lipinski definition) is 0. The van der Waals surface area contributed by atoms with Crippen molar-refractivity contribution in [3.63, 3.8) is 0 Å². The molecule has 0 N–H and O–H groups in total. The minimum atomic E-state index is -0.119. The average molecular weight is 164 g/mol. The number of hydrogen-bond acceptors (Lipinski definition) is 1. The van der Waals surface area contributed by atoms with E-state index in [0.717, 1.165) is 19.1 Å². The zero-order valence-corrected chi connectivity index (χ0v) is 7.16. The standard InChI is InChI=1S/C9H12N2O/c1-9(4-2-3-5-9)6-8(12)7-11-10/h2,4,7H,3,5-6H2,1H3. The van der Waals surface area contributed by atoms with Crippen LogP contribution in [0.3, 0.4) is 0 Å². The topological polar surface area (TPSA) is 53.5 Å². The third-order valence-electron chi connectivity index (χ3n) is 2.18. The molecular weight excluding hydrogens is 152 g/mol. The molecule has 0 amide bonds. The van der Waals surface area contributed by atoms with Crippen molar-refractivity contribution in [2.24, 2.45) is 5.41 Å². The normalized spacial score (nSPS) is 26.8. The smallest absolute Gasteiger partial charge is 0.323 e. The Labute approximate surface area is 71.7 Å². The van der Waals surface area contributed by atoms with Crippen LogP contribution < -0.4 is 0 Å². The maximum atomic E-state index is 11.1. The Morgan fingerprint density at radius 3 is 3.08 bits per heavy atom. The van der Waals surface area contributed by atoms with Crippen molar-refractivity contribution in [1.29, 1.82) is 0 Å². The molecule has 0 heterocycles. The number of nitrogens with zero attached hydrogens (tertiary/aromatic N) is 2. The van der Waals surface area contributed by atoms with Crippen LogP contribution >= 0.6 is 0 Å². The van der Waals surface area contributed by atoms with Crippen molar-refractivity contribution in [3.05, 3.63) is 17.7 Å². The SMILES string of the molecule is CC1(CC(=O)C=[N+]=[N-])C=CCC1. The molecule has 0 bridgehead atoms. The van der Waals surface area contributed by atoms with Crippen LogP contribution in [-0.2, 0) is 4.79 Å². The lowest BCUT2D eigenvalue weighted by molar-refractivity contribution is -0.117. The molecule has 0 aliphatic heterocycles. The Morgan fingerprint density at radius 2 is 2.58 bits per heavy atom. The predicted octanol–water partition coefficient (Wildman–Crippen LogP) is 1.60. The number of allylic oxidation sites excluding steroid dienone is 2. The van der Waals surface area contributed by atoms with Gasteiger partial charge >= 0.3 is 6.21 Å².